The van der Waals surface area contributed by atoms with Crippen molar-refractivity contribution in [2.24, 2.45) is 5.41 Å². The molecule has 1 aliphatic heterocycles. The number of ketones is 1. The molecule has 1 fully saturated rings. The average Bonchev–Trinajstić information content (AvgIpc) is 3.24. The van der Waals surface area contributed by atoms with Crippen molar-refractivity contribution in [2.75, 3.05) is 6.61 Å². The minimum absolute atomic E-state index is 0.0531. The van der Waals surface area contributed by atoms with Gasteiger partial charge in [0.25, 0.3) is 5.56 Å². The zero-order valence-corrected chi connectivity index (χ0v) is 18.3. The number of hydrogen-bond acceptors (Lipinski definition) is 7. The summed E-state index contributed by atoms with van der Waals surface area (Å²) in [5, 5.41) is 0. The van der Waals surface area contributed by atoms with Gasteiger partial charge in [0.05, 0.1) is 19.0 Å². The summed E-state index contributed by atoms with van der Waals surface area (Å²) in [6, 6.07) is 0. The number of rotatable bonds is 7. The van der Waals surface area contributed by atoms with E-state index in [9.17, 15) is 14.2 Å². The molecule has 3 atom stereocenters. The second kappa shape index (κ2) is 8.31. The number of ether oxygens (including phenoxy) is 1. The van der Waals surface area contributed by atoms with E-state index in [2.05, 4.69) is 22.2 Å². The van der Waals surface area contributed by atoms with Crippen LogP contribution in [0.1, 0.15) is 46.3 Å². The molecule has 1 N–H and O–H groups in total. The van der Waals surface area contributed by atoms with Gasteiger partial charge in [-0.2, -0.15) is 0 Å². The number of nitrogens with zero attached hydrogens (tertiary/aromatic N) is 4. The molecule has 0 radical (unpaired) electrons. The molecule has 3 unspecified atom stereocenters. The first-order valence-electron chi connectivity index (χ1n) is 9.26. The number of thiol groups is 1. The van der Waals surface area contributed by atoms with E-state index >= 15 is 0 Å². The second-order valence-electron chi connectivity index (χ2n) is 8.07. The summed E-state index contributed by atoms with van der Waals surface area (Å²) in [4.78, 5) is 42.5. The molecule has 0 aliphatic carbocycles. The molecule has 1 saturated heterocycles. The maximum atomic E-state index is 12.7. The lowest BCUT2D eigenvalue weighted by Gasteiger charge is -2.17. The van der Waals surface area contributed by atoms with E-state index in [0.717, 1.165) is 0 Å². The van der Waals surface area contributed by atoms with Crippen molar-refractivity contribution < 1.29 is 23.5 Å². The normalized spacial score (nSPS) is 22.1. The minimum atomic E-state index is -3.86. The molecule has 3 heterocycles. The summed E-state index contributed by atoms with van der Waals surface area (Å²) in [6.07, 6.45) is 3.61. The molecule has 160 valence electrons. The topological polar surface area (TPSA) is 126 Å². The van der Waals surface area contributed by atoms with Crippen molar-refractivity contribution in [3.63, 3.8) is 0 Å². The molecule has 0 bridgehead atoms. The Morgan fingerprint density at radius 1 is 1.38 bits per heavy atom. The van der Waals surface area contributed by atoms with Crippen LogP contribution < -0.4 is 5.56 Å². The lowest BCUT2D eigenvalue weighted by molar-refractivity contribution is -0.126. The number of Topliss-reactive ketones (excluding diaryl/α,β-unsaturated/α-hetero) is 1. The maximum absolute atomic E-state index is 12.7. The SMILES string of the molecule is CC(C)(C)C(=O)CCn1cnc2c(ncn2C2CCC(COP(=O)(O)S)O2)c1=O. The fraction of sp³-hybridized carbons (Fsp3) is 0.647. The van der Waals surface area contributed by atoms with E-state index in [4.69, 9.17) is 14.2 Å². The third-order valence-corrected chi connectivity index (χ3v) is 5.62. The van der Waals surface area contributed by atoms with E-state index in [0.29, 0.717) is 18.5 Å². The third-order valence-electron chi connectivity index (χ3n) is 4.79. The van der Waals surface area contributed by atoms with Gasteiger partial charge in [-0.25, -0.2) is 14.5 Å². The van der Waals surface area contributed by atoms with Gasteiger partial charge in [0.2, 0.25) is 0 Å². The number of carbonyl (C=O) groups excluding carboxylic acids is 1. The van der Waals surface area contributed by atoms with Crippen molar-refractivity contribution in [2.45, 2.75) is 58.9 Å². The highest BCUT2D eigenvalue weighted by atomic mass is 32.7. The van der Waals surface area contributed by atoms with Gasteiger partial charge in [0.15, 0.2) is 11.2 Å². The molecule has 0 spiro atoms. The van der Waals surface area contributed by atoms with Crippen LogP contribution >= 0.6 is 19.0 Å². The van der Waals surface area contributed by atoms with Gasteiger partial charge >= 0.3 is 6.80 Å². The van der Waals surface area contributed by atoms with Crippen molar-refractivity contribution in [3.05, 3.63) is 23.0 Å². The fourth-order valence-corrected chi connectivity index (χ4v) is 3.67. The molecule has 0 saturated carbocycles. The van der Waals surface area contributed by atoms with Gasteiger partial charge in [-0.05, 0) is 12.8 Å². The van der Waals surface area contributed by atoms with Gasteiger partial charge in [0, 0.05) is 18.4 Å². The van der Waals surface area contributed by atoms with Gasteiger partial charge in [-0.3, -0.25) is 23.2 Å². The summed E-state index contributed by atoms with van der Waals surface area (Å²) in [5.41, 5.74) is -0.180. The zero-order chi connectivity index (χ0) is 21.4. The first-order chi connectivity index (χ1) is 13.5. The molecule has 0 amide bonds. The van der Waals surface area contributed by atoms with Gasteiger partial charge in [-0.15, -0.1) is 0 Å². The number of hydrogen-bond donors (Lipinski definition) is 2. The molecule has 2 aromatic heterocycles. The van der Waals surface area contributed by atoms with Gasteiger partial charge in [-0.1, -0.05) is 33.0 Å². The van der Waals surface area contributed by atoms with Crippen molar-refractivity contribution >= 4 is 36.0 Å². The van der Waals surface area contributed by atoms with Gasteiger partial charge in [0.1, 0.15) is 18.3 Å². The zero-order valence-electron chi connectivity index (χ0n) is 16.5. The molecular formula is C17H25N4O6PS. The van der Waals surface area contributed by atoms with Crippen molar-refractivity contribution in [3.8, 4) is 0 Å². The predicted octanol–water partition coefficient (Wildman–Crippen LogP) is 2.32. The monoisotopic (exact) mass is 444 g/mol. The molecule has 12 heteroatoms. The second-order valence-corrected chi connectivity index (χ2v) is 10.8. The molecule has 2 aromatic rings. The van der Waals surface area contributed by atoms with E-state index in [1.54, 1.807) is 4.57 Å². The minimum Gasteiger partial charge on any atom is -0.352 e. The summed E-state index contributed by atoms with van der Waals surface area (Å²) in [7, 11) is 0. The van der Waals surface area contributed by atoms with Crippen LogP contribution in [0.15, 0.2) is 17.4 Å². The van der Waals surface area contributed by atoms with Crippen LogP contribution in [-0.2, 0) is 25.2 Å². The fourth-order valence-electron chi connectivity index (χ4n) is 3.11. The molecule has 0 aromatic carbocycles. The first-order valence-corrected chi connectivity index (χ1v) is 12.0. The number of aromatic nitrogens is 4. The number of aryl methyl sites for hydroxylation is 1. The van der Waals surface area contributed by atoms with E-state index in [1.165, 1.54) is 17.2 Å². The Labute approximate surface area is 172 Å². The summed E-state index contributed by atoms with van der Waals surface area (Å²) in [5.74, 6) is 0.0660. The third kappa shape index (κ3) is 5.35. The van der Waals surface area contributed by atoms with Crippen LogP contribution in [0.4, 0.5) is 0 Å². The van der Waals surface area contributed by atoms with Gasteiger partial charge < -0.3 is 9.63 Å². The average molecular weight is 444 g/mol. The molecule has 1 aliphatic rings. The smallest absolute Gasteiger partial charge is 0.352 e. The Morgan fingerprint density at radius 2 is 2.10 bits per heavy atom. The van der Waals surface area contributed by atoms with Crippen LogP contribution in [0.5, 0.6) is 0 Å². The molecule has 10 nitrogen and oxygen atoms in total. The Kier molecular flexibility index (Phi) is 6.35. The molecule has 3 rings (SSSR count). The largest absolute Gasteiger partial charge is 0.383 e. The summed E-state index contributed by atoms with van der Waals surface area (Å²) < 4.78 is 24.8. The lowest BCUT2D eigenvalue weighted by Crippen LogP contribution is -2.26. The highest BCUT2D eigenvalue weighted by Crippen LogP contribution is 2.47. The van der Waals surface area contributed by atoms with E-state index in [-0.39, 0.29) is 42.5 Å². The van der Waals surface area contributed by atoms with Crippen LogP contribution in [0.2, 0.25) is 0 Å². The Balaban J connectivity index is 1.72. The summed E-state index contributed by atoms with van der Waals surface area (Å²) >= 11 is 3.47. The Hall–Kier alpha value is -1.52. The maximum Gasteiger partial charge on any atom is 0.383 e. The quantitative estimate of drug-likeness (QED) is 0.492. The Morgan fingerprint density at radius 3 is 2.76 bits per heavy atom. The number of fused-ring (bicyclic) bond motifs is 1. The van der Waals surface area contributed by atoms with Crippen molar-refractivity contribution in [1.82, 2.24) is 19.1 Å². The standard InChI is InChI=1S/C17H25N4O6PS/c1-17(2,3)12(22)6-7-20-9-19-15-14(16(20)23)18-10-21(15)13-5-4-11(27-13)8-26-28(24,25)29/h9-11,13H,4-8H2,1-3H3,(H2,24,25,29). The highest BCUT2D eigenvalue weighted by molar-refractivity contribution is 8.44. The van der Waals surface area contributed by atoms with Crippen LogP contribution in [0.25, 0.3) is 11.2 Å². The highest BCUT2D eigenvalue weighted by Gasteiger charge is 2.30. The van der Waals surface area contributed by atoms with E-state index < -0.39 is 18.4 Å². The van der Waals surface area contributed by atoms with E-state index in [1.807, 2.05) is 20.8 Å². The lowest BCUT2D eigenvalue weighted by atomic mass is 9.89. The predicted molar refractivity (Wildman–Crippen MR) is 109 cm³/mol. The Bertz CT molecular complexity index is 1010. The van der Waals surface area contributed by atoms with Crippen LogP contribution in [-0.4, -0.2) is 42.5 Å². The van der Waals surface area contributed by atoms with Crippen LogP contribution in [0.3, 0.4) is 0 Å². The number of carbonyl (C=O) groups is 1. The first kappa shape index (κ1) is 22.2. The van der Waals surface area contributed by atoms with Crippen molar-refractivity contribution in [1.29, 1.82) is 0 Å². The molecule has 29 heavy (non-hydrogen) atoms. The molecular weight excluding hydrogens is 419 g/mol. The number of imidazole rings is 1. The summed E-state index contributed by atoms with van der Waals surface area (Å²) in [6.45, 7) is 1.86. The van der Waals surface area contributed by atoms with Crippen LogP contribution in [0, 0.1) is 5.41 Å².